The summed E-state index contributed by atoms with van der Waals surface area (Å²) in [6.07, 6.45) is -0.502. The van der Waals surface area contributed by atoms with Gasteiger partial charge in [0.15, 0.2) is 0 Å². The van der Waals surface area contributed by atoms with E-state index < -0.39 is 18.3 Å². The van der Waals surface area contributed by atoms with Gasteiger partial charge in [-0.1, -0.05) is 23.3 Å². The molecule has 0 aromatic carbocycles. The van der Waals surface area contributed by atoms with Gasteiger partial charge < -0.3 is 10.6 Å². The third-order valence-corrected chi connectivity index (χ3v) is 3.34. The molecule has 1 aliphatic heterocycles. The third kappa shape index (κ3) is 4.47. The van der Waals surface area contributed by atoms with Crippen molar-refractivity contribution in [3.8, 4) is 0 Å². The number of hydrogen-bond donors (Lipinski definition) is 2. The number of hydrogen-bond acceptors (Lipinski definition) is 4. The molecule has 0 saturated heterocycles. The molecule has 0 radical (unpaired) electrons. The zero-order valence-corrected chi connectivity index (χ0v) is 11.8. The average Bonchev–Trinajstić information content (AvgIpc) is 2.43. The topological polar surface area (TPSA) is 59.0 Å². The summed E-state index contributed by atoms with van der Waals surface area (Å²) >= 11 is 5.81. The molecule has 2 N–H and O–H groups in total. The van der Waals surface area contributed by atoms with E-state index in [2.05, 4.69) is 15.7 Å². The van der Waals surface area contributed by atoms with Crippen molar-refractivity contribution in [3.63, 3.8) is 0 Å². The maximum Gasteiger partial charge on any atom is 0.408 e. The molecule has 21 heavy (non-hydrogen) atoms. The predicted octanol–water partition coefficient (Wildman–Crippen LogP) is 1.79. The molecule has 0 unspecified atom stereocenters. The summed E-state index contributed by atoms with van der Waals surface area (Å²) in [6.45, 7) is 0.664. The van der Waals surface area contributed by atoms with E-state index in [1.54, 1.807) is 0 Å². The molecule has 0 fully saturated rings. The van der Waals surface area contributed by atoms with Crippen LogP contribution in [-0.4, -0.2) is 35.6 Å². The Labute approximate surface area is 123 Å². The van der Waals surface area contributed by atoms with E-state index in [0.717, 1.165) is 31.3 Å². The lowest BCUT2D eigenvalue weighted by atomic mass is 10.1. The Bertz CT molecular complexity index is 597. The molecule has 1 aliphatic rings. The third-order valence-electron chi connectivity index (χ3n) is 2.98. The number of alkyl halides is 3. The largest absolute Gasteiger partial charge is 0.408 e. The van der Waals surface area contributed by atoms with Crippen LogP contribution in [0.25, 0.3) is 0 Å². The van der Waals surface area contributed by atoms with Gasteiger partial charge >= 0.3 is 6.18 Å². The fourth-order valence-corrected chi connectivity index (χ4v) is 2.12. The Kier molecular flexibility index (Phi) is 4.89. The maximum atomic E-state index is 12.3. The van der Waals surface area contributed by atoms with Crippen LogP contribution < -0.4 is 16.2 Å². The van der Waals surface area contributed by atoms with E-state index in [-0.39, 0.29) is 10.7 Å². The summed E-state index contributed by atoms with van der Waals surface area (Å²) in [5, 5.41) is 9.29. The second kappa shape index (κ2) is 6.48. The maximum absolute atomic E-state index is 12.3. The van der Waals surface area contributed by atoms with E-state index in [1.807, 2.05) is 6.08 Å². The summed E-state index contributed by atoms with van der Waals surface area (Å²) in [6, 6.07) is 0. The highest BCUT2D eigenvalue weighted by molar-refractivity contribution is 6.32. The highest BCUT2D eigenvalue weighted by Gasteiger charge is 2.29. The van der Waals surface area contributed by atoms with Crippen molar-refractivity contribution in [2.24, 2.45) is 0 Å². The van der Waals surface area contributed by atoms with Gasteiger partial charge in [0, 0.05) is 13.1 Å². The molecular weight excluding hydrogens is 309 g/mol. The second-order valence-electron chi connectivity index (χ2n) is 4.62. The normalized spacial score (nSPS) is 15.7. The molecule has 1 aromatic rings. The van der Waals surface area contributed by atoms with Crippen molar-refractivity contribution in [1.82, 2.24) is 15.1 Å². The highest BCUT2D eigenvalue weighted by Crippen LogP contribution is 2.19. The zero-order valence-electron chi connectivity index (χ0n) is 11.0. The molecule has 1 aromatic heterocycles. The number of nitrogens with one attached hydrogen (secondary N) is 2. The molecule has 2 rings (SSSR count). The van der Waals surface area contributed by atoms with Gasteiger partial charge in [0.2, 0.25) is 0 Å². The summed E-state index contributed by atoms with van der Waals surface area (Å²) in [7, 11) is 0. The number of aromatic nitrogens is 2. The lowest BCUT2D eigenvalue weighted by Crippen LogP contribution is -2.31. The van der Waals surface area contributed by atoms with E-state index >= 15 is 0 Å². The quantitative estimate of drug-likeness (QED) is 0.830. The Balaban J connectivity index is 2.09. The number of halogens is 4. The van der Waals surface area contributed by atoms with Gasteiger partial charge in [-0.25, -0.2) is 4.68 Å². The minimum atomic E-state index is -4.52. The van der Waals surface area contributed by atoms with Gasteiger partial charge in [-0.15, -0.1) is 0 Å². The molecular formula is C12H14ClF3N4O. The summed E-state index contributed by atoms with van der Waals surface area (Å²) in [4.78, 5) is 11.7. The number of nitrogens with zero attached hydrogens (tertiary/aromatic N) is 2. The SMILES string of the molecule is O=c1c(Cl)c(NCC2=CCNCC2)cnn1CC(F)(F)F. The predicted molar refractivity (Wildman–Crippen MR) is 73.6 cm³/mol. The van der Waals surface area contributed by atoms with Gasteiger partial charge in [-0.2, -0.15) is 18.3 Å². The Morgan fingerprint density at radius 2 is 2.24 bits per heavy atom. The molecule has 2 heterocycles. The van der Waals surface area contributed by atoms with Crippen LogP contribution in [0.2, 0.25) is 5.02 Å². The molecule has 9 heteroatoms. The first-order chi connectivity index (χ1) is 9.87. The van der Waals surface area contributed by atoms with E-state index in [0.29, 0.717) is 11.2 Å². The van der Waals surface area contributed by atoms with E-state index in [9.17, 15) is 18.0 Å². The van der Waals surface area contributed by atoms with Crippen LogP contribution in [0.5, 0.6) is 0 Å². The lowest BCUT2D eigenvalue weighted by Gasteiger charge is -2.16. The fraction of sp³-hybridized carbons (Fsp3) is 0.500. The van der Waals surface area contributed by atoms with Crippen molar-refractivity contribution in [3.05, 3.63) is 33.2 Å². The molecule has 0 bridgehead atoms. The molecule has 0 atom stereocenters. The first kappa shape index (κ1) is 15.8. The van der Waals surface area contributed by atoms with Crippen LogP contribution in [0.3, 0.4) is 0 Å². The minimum Gasteiger partial charge on any atom is -0.379 e. The van der Waals surface area contributed by atoms with Crippen molar-refractivity contribution in [2.45, 2.75) is 19.1 Å². The van der Waals surface area contributed by atoms with Gasteiger partial charge in [-0.05, 0) is 13.0 Å². The molecule has 0 aliphatic carbocycles. The molecule has 0 amide bonds. The number of anilines is 1. The van der Waals surface area contributed by atoms with E-state index in [1.165, 1.54) is 0 Å². The first-order valence-corrected chi connectivity index (χ1v) is 6.69. The van der Waals surface area contributed by atoms with E-state index in [4.69, 9.17) is 11.6 Å². The molecule has 5 nitrogen and oxygen atoms in total. The van der Waals surface area contributed by atoms with Crippen LogP contribution in [0.1, 0.15) is 6.42 Å². The molecule has 116 valence electrons. The van der Waals surface area contributed by atoms with Crippen LogP contribution in [0.4, 0.5) is 18.9 Å². The van der Waals surface area contributed by atoms with Crippen LogP contribution in [-0.2, 0) is 6.54 Å². The monoisotopic (exact) mass is 322 g/mol. The van der Waals surface area contributed by atoms with Crippen LogP contribution >= 0.6 is 11.6 Å². The Morgan fingerprint density at radius 1 is 1.48 bits per heavy atom. The van der Waals surface area contributed by atoms with Crippen LogP contribution in [0, 0.1) is 0 Å². The lowest BCUT2D eigenvalue weighted by molar-refractivity contribution is -0.143. The standard InChI is InChI=1S/C12H14ClF3N4O/c13-10-9(18-5-8-1-3-17-4-2-8)6-19-20(11(10)21)7-12(14,15)16/h1,6,17-18H,2-5,7H2. The van der Waals surface area contributed by atoms with Crippen LogP contribution in [0.15, 0.2) is 22.6 Å². The minimum absolute atomic E-state index is 0.236. The van der Waals surface area contributed by atoms with Crippen molar-refractivity contribution < 1.29 is 13.2 Å². The van der Waals surface area contributed by atoms with Crippen molar-refractivity contribution >= 4 is 17.3 Å². The van der Waals surface area contributed by atoms with Gasteiger partial charge in [0.05, 0.1) is 11.9 Å². The Morgan fingerprint density at radius 3 is 2.86 bits per heavy atom. The molecule has 0 saturated carbocycles. The van der Waals surface area contributed by atoms with Crippen molar-refractivity contribution in [1.29, 1.82) is 0 Å². The smallest absolute Gasteiger partial charge is 0.379 e. The molecule has 0 spiro atoms. The van der Waals surface area contributed by atoms with Gasteiger partial charge in [0.25, 0.3) is 5.56 Å². The summed E-state index contributed by atoms with van der Waals surface area (Å²) < 4.78 is 37.1. The van der Waals surface area contributed by atoms with Gasteiger partial charge in [0.1, 0.15) is 11.6 Å². The number of rotatable bonds is 4. The second-order valence-corrected chi connectivity index (χ2v) is 5.00. The fourth-order valence-electron chi connectivity index (χ4n) is 1.91. The van der Waals surface area contributed by atoms with Crippen molar-refractivity contribution in [2.75, 3.05) is 25.0 Å². The summed E-state index contributed by atoms with van der Waals surface area (Å²) in [5.41, 5.74) is 0.419. The summed E-state index contributed by atoms with van der Waals surface area (Å²) in [5.74, 6) is 0. The average molecular weight is 323 g/mol. The zero-order chi connectivity index (χ0) is 15.5. The highest BCUT2D eigenvalue weighted by atomic mass is 35.5. The Hall–Kier alpha value is -1.54. The first-order valence-electron chi connectivity index (χ1n) is 6.32. The van der Waals surface area contributed by atoms with Gasteiger partial charge in [-0.3, -0.25) is 4.79 Å².